The van der Waals surface area contributed by atoms with Crippen molar-refractivity contribution in [1.29, 1.82) is 0 Å². The molecule has 0 bridgehead atoms. The Morgan fingerprint density at radius 2 is 1.72 bits per heavy atom. The number of H-pyrrole nitrogens is 1. The third kappa shape index (κ3) is 7.38. The molecule has 206 valence electrons. The van der Waals surface area contributed by atoms with E-state index in [-0.39, 0.29) is 29.9 Å². The first kappa shape index (κ1) is 29.7. The Balaban J connectivity index is 0.00000420. The number of benzene rings is 3. The van der Waals surface area contributed by atoms with Gasteiger partial charge in [-0.15, -0.1) is 12.4 Å². The minimum atomic E-state index is -3.46. The molecule has 3 aromatic carbocycles. The van der Waals surface area contributed by atoms with Gasteiger partial charge in [0, 0.05) is 34.3 Å². The van der Waals surface area contributed by atoms with E-state index in [1.165, 1.54) is 0 Å². The highest BCUT2D eigenvalue weighted by Gasteiger charge is 2.20. The van der Waals surface area contributed by atoms with Gasteiger partial charge in [-0.3, -0.25) is 9.52 Å². The molecule has 0 atom stereocenters. The number of nitrogens with zero attached hydrogens (tertiary/aromatic N) is 1. The maximum atomic E-state index is 12.3. The second kappa shape index (κ2) is 13.3. The minimum Gasteiger partial charge on any atom is -0.494 e. The molecule has 0 aliphatic rings. The van der Waals surface area contributed by atoms with Crippen LogP contribution >= 0.6 is 12.4 Å². The molecule has 0 spiro atoms. The fraction of sp³-hybridized carbons (Fsp3) is 0.214. The standard InChI is InChI=1S/C28H31N5O4S.ClH/c1-3-30-27(34)20-10-15-23-24(18-20)32-28(35)25(23)26(19-8-5-4-6-9-19)31-21-11-13-22(14-12-21)33-38(36,37)17-7-16-29-2;/h4-6,8-15,18,29,32-33,35H,3,7,16-17H2,1-2H3,(H,30,34);1H. The number of hydrogen-bond acceptors (Lipinski definition) is 6. The lowest BCUT2D eigenvalue weighted by Crippen LogP contribution is -2.22. The number of hydrogen-bond donors (Lipinski definition) is 5. The van der Waals surface area contributed by atoms with Crippen molar-refractivity contribution in [1.82, 2.24) is 15.6 Å². The zero-order valence-electron chi connectivity index (χ0n) is 21.7. The number of rotatable bonds is 11. The summed E-state index contributed by atoms with van der Waals surface area (Å²) in [6.07, 6.45) is 0.507. The molecule has 1 heterocycles. The third-order valence-corrected chi connectivity index (χ3v) is 7.26. The molecule has 0 aliphatic heterocycles. The van der Waals surface area contributed by atoms with Crippen molar-refractivity contribution in [2.45, 2.75) is 13.3 Å². The van der Waals surface area contributed by atoms with Gasteiger partial charge in [0.15, 0.2) is 5.88 Å². The summed E-state index contributed by atoms with van der Waals surface area (Å²) >= 11 is 0. The molecule has 0 aliphatic carbocycles. The lowest BCUT2D eigenvalue weighted by atomic mass is 10.00. The van der Waals surface area contributed by atoms with Crippen LogP contribution in [-0.4, -0.2) is 56.0 Å². The number of aromatic hydroxyl groups is 1. The predicted molar refractivity (Wildman–Crippen MR) is 159 cm³/mol. The predicted octanol–water partition coefficient (Wildman–Crippen LogP) is 4.57. The van der Waals surface area contributed by atoms with E-state index in [9.17, 15) is 18.3 Å². The number of sulfonamides is 1. The van der Waals surface area contributed by atoms with Crippen LogP contribution in [0.4, 0.5) is 11.4 Å². The highest BCUT2D eigenvalue weighted by Crippen LogP contribution is 2.32. The highest BCUT2D eigenvalue weighted by molar-refractivity contribution is 7.92. The van der Waals surface area contributed by atoms with Gasteiger partial charge in [0.2, 0.25) is 10.0 Å². The summed E-state index contributed by atoms with van der Waals surface area (Å²) in [4.78, 5) is 20.1. The summed E-state index contributed by atoms with van der Waals surface area (Å²) < 4.78 is 27.2. The fourth-order valence-electron chi connectivity index (χ4n) is 4.09. The first-order valence-corrected chi connectivity index (χ1v) is 14.0. The highest BCUT2D eigenvalue weighted by atomic mass is 35.5. The van der Waals surface area contributed by atoms with Gasteiger partial charge in [-0.05, 0) is 63.3 Å². The van der Waals surface area contributed by atoms with Crippen molar-refractivity contribution in [2.75, 3.05) is 30.6 Å². The first-order chi connectivity index (χ1) is 18.3. The average Bonchev–Trinajstić information content (AvgIpc) is 3.23. The largest absolute Gasteiger partial charge is 0.494 e. The van der Waals surface area contributed by atoms with E-state index in [0.717, 1.165) is 5.56 Å². The number of amides is 1. The molecule has 0 unspecified atom stereocenters. The number of nitrogens with one attached hydrogen (secondary N) is 4. The first-order valence-electron chi connectivity index (χ1n) is 12.3. The number of anilines is 1. The van der Waals surface area contributed by atoms with Gasteiger partial charge >= 0.3 is 0 Å². The van der Waals surface area contributed by atoms with Crippen molar-refractivity contribution < 1.29 is 18.3 Å². The summed E-state index contributed by atoms with van der Waals surface area (Å²) in [5.41, 5.74) is 3.92. The maximum absolute atomic E-state index is 12.3. The van der Waals surface area contributed by atoms with Crippen molar-refractivity contribution in [3.8, 4) is 5.88 Å². The minimum absolute atomic E-state index is 0. The van der Waals surface area contributed by atoms with Crippen LogP contribution in [0.25, 0.3) is 10.9 Å². The Hall–Kier alpha value is -3.86. The van der Waals surface area contributed by atoms with E-state index >= 15 is 0 Å². The van der Waals surface area contributed by atoms with Gasteiger partial charge in [0.25, 0.3) is 5.91 Å². The summed E-state index contributed by atoms with van der Waals surface area (Å²) in [6.45, 7) is 2.98. The lowest BCUT2D eigenvalue weighted by Gasteiger charge is -2.10. The number of aliphatic imine (C=N–C) groups is 1. The number of halogens is 1. The summed E-state index contributed by atoms with van der Waals surface area (Å²) in [5.74, 6) is -0.241. The molecular weight excluding hydrogens is 538 g/mol. The SMILES string of the molecule is CCNC(=O)c1ccc2c(C(=Nc3ccc(NS(=O)(=O)CCCNC)cc3)c3ccccc3)c(O)[nH]c2c1.Cl. The molecule has 5 N–H and O–H groups in total. The van der Waals surface area contributed by atoms with Crippen molar-refractivity contribution in [3.63, 3.8) is 0 Å². The summed E-state index contributed by atoms with van der Waals surface area (Å²) in [7, 11) is -1.68. The zero-order valence-corrected chi connectivity index (χ0v) is 23.3. The monoisotopic (exact) mass is 569 g/mol. The topological polar surface area (TPSA) is 136 Å². The molecule has 0 radical (unpaired) electrons. The van der Waals surface area contributed by atoms with Crippen LogP contribution in [0.15, 0.2) is 77.8 Å². The molecule has 0 saturated heterocycles. The third-order valence-electron chi connectivity index (χ3n) is 5.88. The molecule has 4 aromatic rings. The Kier molecular flexibility index (Phi) is 10.1. The van der Waals surface area contributed by atoms with E-state index in [4.69, 9.17) is 4.99 Å². The maximum Gasteiger partial charge on any atom is 0.251 e. The van der Waals surface area contributed by atoms with Crippen LogP contribution in [0.2, 0.25) is 0 Å². The number of aromatic nitrogens is 1. The molecule has 39 heavy (non-hydrogen) atoms. The molecule has 9 nitrogen and oxygen atoms in total. The fourth-order valence-corrected chi connectivity index (χ4v) is 5.21. The van der Waals surface area contributed by atoms with Crippen LogP contribution in [0.5, 0.6) is 5.88 Å². The van der Waals surface area contributed by atoms with Crippen LogP contribution in [-0.2, 0) is 10.0 Å². The number of carbonyl (C=O) groups excluding carboxylic acids is 1. The van der Waals surface area contributed by atoms with Gasteiger partial charge in [-0.1, -0.05) is 36.4 Å². The van der Waals surface area contributed by atoms with Crippen LogP contribution in [0.3, 0.4) is 0 Å². The van der Waals surface area contributed by atoms with Crippen LogP contribution < -0.4 is 15.4 Å². The Labute approximate surface area is 234 Å². The van der Waals surface area contributed by atoms with E-state index < -0.39 is 10.0 Å². The van der Waals surface area contributed by atoms with Gasteiger partial charge in [0.05, 0.1) is 22.7 Å². The normalized spacial score (nSPS) is 11.7. The Morgan fingerprint density at radius 3 is 2.38 bits per heavy atom. The van der Waals surface area contributed by atoms with E-state index in [1.807, 2.05) is 37.3 Å². The number of fused-ring (bicyclic) bond motifs is 1. The molecule has 4 rings (SSSR count). The van der Waals surface area contributed by atoms with E-state index in [0.29, 0.717) is 58.6 Å². The zero-order chi connectivity index (χ0) is 27.1. The number of aromatic amines is 1. The number of carbonyl (C=O) groups is 1. The molecule has 1 aromatic heterocycles. The van der Waals surface area contributed by atoms with Crippen LogP contribution in [0, 0.1) is 0 Å². The van der Waals surface area contributed by atoms with E-state index in [1.54, 1.807) is 49.5 Å². The lowest BCUT2D eigenvalue weighted by molar-refractivity contribution is 0.0956. The quantitative estimate of drug-likeness (QED) is 0.133. The van der Waals surface area contributed by atoms with Crippen molar-refractivity contribution >= 4 is 56.3 Å². The van der Waals surface area contributed by atoms with Gasteiger partial charge in [-0.2, -0.15) is 0 Å². The van der Waals surface area contributed by atoms with Crippen molar-refractivity contribution in [3.05, 3.63) is 89.5 Å². The van der Waals surface area contributed by atoms with Gasteiger partial charge in [-0.25, -0.2) is 13.4 Å². The Morgan fingerprint density at radius 1 is 1.00 bits per heavy atom. The molecule has 0 saturated carbocycles. The second-order valence-electron chi connectivity index (χ2n) is 8.72. The van der Waals surface area contributed by atoms with E-state index in [2.05, 4.69) is 20.3 Å². The molecule has 11 heteroatoms. The van der Waals surface area contributed by atoms with Gasteiger partial charge < -0.3 is 20.7 Å². The molecular formula is C28H32ClN5O4S. The van der Waals surface area contributed by atoms with Crippen LogP contribution in [0.1, 0.15) is 34.8 Å². The Bertz CT molecular complexity index is 1550. The second-order valence-corrected chi connectivity index (χ2v) is 10.6. The molecule has 1 amide bonds. The average molecular weight is 570 g/mol. The smallest absolute Gasteiger partial charge is 0.251 e. The summed E-state index contributed by atoms with van der Waals surface area (Å²) in [5, 5.41) is 17.3. The molecule has 0 fully saturated rings. The summed E-state index contributed by atoms with van der Waals surface area (Å²) in [6, 6.07) is 21.4. The van der Waals surface area contributed by atoms with Crippen molar-refractivity contribution in [2.24, 2.45) is 4.99 Å². The van der Waals surface area contributed by atoms with Gasteiger partial charge in [0.1, 0.15) is 0 Å².